The summed E-state index contributed by atoms with van der Waals surface area (Å²) in [6, 6.07) is 0. The van der Waals surface area contributed by atoms with Crippen molar-refractivity contribution in [3.05, 3.63) is 0 Å². The number of carbonyl (C=O) groups is 1. The minimum absolute atomic E-state index is 0.0745. The highest BCUT2D eigenvalue weighted by atomic mass is 19.1. The summed E-state index contributed by atoms with van der Waals surface area (Å²) in [6.45, 7) is -0.804. The predicted octanol–water partition coefficient (Wildman–Crippen LogP) is 0.286. The highest BCUT2D eigenvalue weighted by Crippen LogP contribution is 1.77. The van der Waals surface area contributed by atoms with E-state index in [4.69, 9.17) is 0 Å². The van der Waals surface area contributed by atoms with E-state index in [1.54, 1.807) is 0 Å². The Balaban J connectivity index is 3.09. The first-order valence-corrected chi connectivity index (χ1v) is 2.76. The van der Waals surface area contributed by atoms with Gasteiger partial charge in [0.25, 0.3) is 0 Å². The highest BCUT2D eigenvalue weighted by molar-refractivity contribution is 5.66. The molecule has 0 aliphatic heterocycles. The van der Waals surface area contributed by atoms with Gasteiger partial charge in [0.15, 0.2) is 0 Å². The molecule has 0 rings (SSSR count). The summed E-state index contributed by atoms with van der Waals surface area (Å²) in [6.07, 6.45) is -0.667. The fourth-order valence-corrected chi connectivity index (χ4v) is 0.313. The molecule has 0 aromatic carbocycles. The van der Waals surface area contributed by atoms with Crippen LogP contribution in [0.4, 0.5) is 9.18 Å². The Morgan fingerprint density at radius 1 is 1.70 bits per heavy atom. The lowest BCUT2D eigenvalue weighted by molar-refractivity contribution is 0.114. The van der Waals surface area contributed by atoms with Crippen LogP contribution in [0.2, 0.25) is 0 Å². The summed E-state index contributed by atoms with van der Waals surface area (Å²) in [5, 5.41) is 2.22. The fourth-order valence-electron chi connectivity index (χ4n) is 0.313. The molecule has 1 amide bonds. The fraction of sp³-hybridized carbons (Fsp3) is 0.800. The lowest BCUT2D eigenvalue weighted by Gasteiger charge is -2.02. The zero-order valence-electron chi connectivity index (χ0n) is 5.72. The molecule has 0 atom stereocenters. The normalized spacial score (nSPS) is 9.00. The first-order chi connectivity index (χ1) is 4.81. The van der Waals surface area contributed by atoms with Crippen molar-refractivity contribution in [2.45, 2.75) is 0 Å². The summed E-state index contributed by atoms with van der Waals surface area (Å²) in [4.78, 5) is 10.4. The summed E-state index contributed by atoms with van der Waals surface area (Å²) >= 11 is 0. The van der Waals surface area contributed by atoms with Gasteiger partial charge < -0.3 is 9.47 Å². The standard InChI is InChI=1S/C5H10FNO3/c1-9-4-7-5(8)10-3-2-6/h2-4H2,1H3,(H,7,8). The van der Waals surface area contributed by atoms with Gasteiger partial charge in [-0.3, -0.25) is 5.32 Å². The van der Waals surface area contributed by atoms with Crippen LogP contribution in [-0.2, 0) is 9.47 Å². The number of methoxy groups -OCH3 is 1. The van der Waals surface area contributed by atoms with Crippen LogP contribution >= 0.6 is 0 Å². The third-order valence-corrected chi connectivity index (χ3v) is 0.671. The second-order valence-corrected chi connectivity index (χ2v) is 1.43. The van der Waals surface area contributed by atoms with Gasteiger partial charge in [0.1, 0.15) is 20.0 Å². The highest BCUT2D eigenvalue weighted by Gasteiger charge is 1.97. The molecule has 0 heterocycles. The van der Waals surface area contributed by atoms with Gasteiger partial charge in [-0.05, 0) is 0 Å². The van der Waals surface area contributed by atoms with Crippen LogP contribution in [0.25, 0.3) is 0 Å². The summed E-state index contributed by atoms with van der Waals surface area (Å²) in [7, 11) is 1.43. The second kappa shape index (κ2) is 6.28. The van der Waals surface area contributed by atoms with Crippen LogP contribution in [0.3, 0.4) is 0 Å². The largest absolute Gasteiger partial charge is 0.447 e. The van der Waals surface area contributed by atoms with Gasteiger partial charge in [0, 0.05) is 7.11 Å². The maximum absolute atomic E-state index is 11.3. The average Bonchev–Trinajstić information content (AvgIpc) is 1.97. The third-order valence-electron chi connectivity index (χ3n) is 0.671. The van der Waals surface area contributed by atoms with Crippen LogP contribution in [0.1, 0.15) is 0 Å². The second-order valence-electron chi connectivity index (χ2n) is 1.43. The molecule has 5 heteroatoms. The number of halogens is 1. The maximum atomic E-state index is 11.3. The number of alkyl carbamates (subject to hydrolysis) is 1. The number of rotatable bonds is 4. The van der Waals surface area contributed by atoms with E-state index in [0.717, 1.165) is 0 Å². The minimum Gasteiger partial charge on any atom is -0.447 e. The number of nitrogens with one attached hydrogen (secondary N) is 1. The van der Waals surface area contributed by atoms with E-state index < -0.39 is 12.8 Å². The van der Waals surface area contributed by atoms with Crippen LogP contribution < -0.4 is 5.32 Å². The number of ether oxygens (including phenoxy) is 2. The van der Waals surface area contributed by atoms with Gasteiger partial charge in [-0.1, -0.05) is 0 Å². The van der Waals surface area contributed by atoms with E-state index in [2.05, 4.69) is 14.8 Å². The van der Waals surface area contributed by atoms with Gasteiger partial charge in [-0.2, -0.15) is 0 Å². The minimum atomic E-state index is -0.667. The Morgan fingerprint density at radius 3 is 2.90 bits per heavy atom. The van der Waals surface area contributed by atoms with Crippen molar-refractivity contribution in [1.29, 1.82) is 0 Å². The zero-order chi connectivity index (χ0) is 7.82. The molecule has 0 radical (unpaired) electrons. The van der Waals surface area contributed by atoms with E-state index in [-0.39, 0.29) is 13.3 Å². The lowest BCUT2D eigenvalue weighted by Crippen LogP contribution is -2.26. The van der Waals surface area contributed by atoms with Gasteiger partial charge >= 0.3 is 6.09 Å². The van der Waals surface area contributed by atoms with Crippen molar-refractivity contribution in [2.24, 2.45) is 0 Å². The van der Waals surface area contributed by atoms with Crippen molar-refractivity contribution in [3.8, 4) is 0 Å². The molecule has 0 aromatic rings. The van der Waals surface area contributed by atoms with Crippen molar-refractivity contribution in [3.63, 3.8) is 0 Å². The number of carbonyl (C=O) groups excluding carboxylic acids is 1. The summed E-state index contributed by atoms with van der Waals surface area (Å²) < 4.78 is 20.1. The molecule has 0 fully saturated rings. The third kappa shape index (κ3) is 5.30. The number of hydrogen-bond donors (Lipinski definition) is 1. The molecule has 0 bridgehead atoms. The average molecular weight is 151 g/mol. The van der Waals surface area contributed by atoms with Crippen LogP contribution in [-0.4, -0.2) is 33.2 Å². The Morgan fingerprint density at radius 2 is 2.40 bits per heavy atom. The lowest BCUT2D eigenvalue weighted by atomic mass is 10.8. The quantitative estimate of drug-likeness (QED) is 0.587. The molecule has 0 aliphatic rings. The Hall–Kier alpha value is -0.840. The van der Waals surface area contributed by atoms with Gasteiger partial charge in [0.2, 0.25) is 0 Å². The monoisotopic (exact) mass is 151 g/mol. The van der Waals surface area contributed by atoms with Crippen LogP contribution in [0.15, 0.2) is 0 Å². The number of alkyl halides is 1. The molecule has 60 valence electrons. The molecule has 0 unspecified atom stereocenters. The first-order valence-electron chi connectivity index (χ1n) is 2.76. The van der Waals surface area contributed by atoms with Gasteiger partial charge in [-0.15, -0.1) is 0 Å². The molecule has 10 heavy (non-hydrogen) atoms. The van der Waals surface area contributed by atoms with Gasteiger partial charge in [-0.25, -0.2) is 9.18 Å². The van der Waals surface area contributed by atoms with E-state index in [1.807, 2.05) is 0 Å². The first kappa shape index (κ1) is 9.16. The van der Waals surface area contributed by atoms with Crippen molar-refractivity contribution < 1.29 is 18.7 Å². The molecule has 0 aromatic heterocycles. The number of hydrogen-bond acceptors (Lipinski definition) is 3. The molecule has 1 N–H and O–H groups in total. The smallest absolute Gasteiger partial charge is 0.409 e. The Labute approximate surface area is 58.3 Å². The van der Waals surface area contributed by atoms with Crippen molar-refractivity contribution >= 4 is 6.09 Å². The molecule has 4 nitrogen and oxygen atoms in total. The Kier molecular flexibility index (Phi) is 5.75. The molecule has 0 aliphatic carbocycles. The van der Waals surface area contributed by atoms with Crippen molar-refractivity contribution in [2.75, 3.05) is 27.1 Å². The van der Waals surface area contributed by atoms with Gasteiger partial charge in [0.05, 0.1) is 0 Å². The maximum Gasteiger partial charge on any atom is 0.409 e. The molecule has 0 saturated heterocycles. The van der Waals surface area contributed by atoms with E-state index in [1.165, 1.54) is 7.11 Å². The molecular formula is C5H10FNO3. The Bertz CT molecular complexity index is 88.9. The van der Waals surface area contributed by atoms with Crippen LogP contribution in [0.5, 0.6) is 0 Å². The predicted molar refractivity (Wildman–Crippen MR) is 32.3 cm³/mol. The summed E-state index contributed by atoms with van der Waals surface area (Å²) in [5.74, 6) is 0. The topological polar surface area (TPSA) is 47.6 Å². The van der Waals surface area contributed by atoms with Crippen molar-refractivity contribution in [1.82, 2.24) is 5.32 Å². The molecular weight excluding hydrogens is 141 g/mol. The molecule has 0 saturated carbocycles. The zero-order valence-corrected chi connectivity index (χ0v) is 5.72. The van der Waals surface area contributed by atoms with E-state index >= 15 is 0 Å². The van der Waals surface area contributed by atoms with Crippen LogP contribution in [0, 0.1) is 0 Å². The number of amides is 1. The molecule has 0 spiro atoms. The van der Waals surface area contributed by atoms with E-state index in [0.29, 0.717) is 0 Å². The SMILES string of the molecule is COCNC(=O)OCCF. The summed E-state index contributed by atoms with van der Waals surface area (Å²) in [5.41, 5.74) is 0. The van der Waals surface area contributed by atoms with E-state index in [9.17, 15) is 9.18 Å².